The van der Waals surface area contributed by atoms with Gasteiger partial charge in [-0.2, -0.15) is 0 Å². The Balaban J connectivity index is 1.83. The fourth-order valence-electron chi connectivity index (χ4n) is 2.90. The summed E-state index contributed by atoms with van der Waals surface area (Å²) in [6.07, 6.45) is 1.64. The van der Waals surface area contributed by atoms with Crippen molar-refractivity contribution in [3.63, 3.8) is 0 Å². The number of sulfonamides is 1. The summed E-state index contributed by atoms with van der Waals surface area (Å²) < 4.78 is 38.3. The zero-order valence-electron chi connectivity index (χ0n) is 17.6. The lowest BCUT2D eigenvalue weighted by atomic mass is 10.3. The molecule has 0 fully saturated rings. The number of methoxy groups -OCH3 is 1. The molecule has 0 radical (unpaired) electrons. The van der Waals surface area contributed by atoms with Gasteiger partial charge >= 0.3 is 0 Å². The number of hydrogen-bond acceptors (Lipinski definition) is 5. The Kier molecular flexibility index (Phi) is 7.51. The SMILES string of the molecule is C=CCOc1ccc(NC(=O)CN(c2ccc(OC)cc2)S(=O)(=O)c2ccccc2)cc1. The standard InChI is InChI=1S/C24H24N2O5S/c1-3-17-31-22-13-9-19(10-14-22)25-24(27)18-26(20-11-15-21(30-2)16-12-20)32(28,29)23-7-5-4-6-8-23/h3-16H,1,17-18H2,2H3,(H,25,27). The average molecular weight is 453 g/mol. The molecule has 0 heterocycles. The fraction of sp³-hybridized carbons (Fsp3) is 0.125. The first kappa shape index (κ1) is 22.9. The van der Waals surface area contributed by atoms with Crippen LogP contribution < -0.4 is 19.1 Å². The molecule has 7 nitrogen and oxygen atoms in total. The lowest BCUT2D eigenvalue weighted by Crippen LogP contribution is -2.38. The van der Waals surface area contributed by atoms with Crippen molar-refractivity contribution in [1.82, 2.24) is 0 Å². The van der Waals surface area contributed by atoms with Gasteiger partial charge in [-0.1, -0.05) is 30.9 Å². The van der Waals surface area contributed by atoms with Crippen molar-refractivity contribution in [3.05, 3.63) is 91.5 Å². The third-order valence-corrected chi connectivity index (χ3v) is 6.27. The van der Waals surface area contributed by atoms with Gasteiger partial charge in [-0.3, -0.25) is 9.10 Å². The van der Waals surface area contributed by atoms with Crippen LogP contribution in [-0.4, -0.2) is 34.6 Å². The van der Waals surface area contributed by atoms with Crippen LogP contribution >= 0.6 is 0 Å². The Labute approximate surface area is 188 Å². The normalized spacial score (nSPS) is 10.8. The number of ether oxygens (including phenoxy) is 2. The van der Waals surface area contributed by atoms with Gasteiger partial charge in [0.2, 0.25) is 5.91 Å². The van der Waals surface area contributed by atoms with E-state index in [9.17, 15) is 13.2 Å². The minimum atomic E-state index is -3.98. The second-order valence-electron chi connectivity index (χ2n) is 6.69. The number of nitrogens with zero attached hydrogens (tertiary/aromatic N) is 1. The molecule has 0 aliphatic rings. The van der Waals surface area contributed by atoms with Crippen LogP contribution in [0, 0.1) is 0 Å². The molecule has 3 aromatic rings. The molecular weight excluding hydrogens is 428 g/mol. The van der Waals surface area contributed by atoms with Crippen molar-refractivity contribution < 1.29 is 22.7 Å². The van der Waals surface area contributed by atoms with Gasteiger partial charge in [0, 0.05) is 5.69 Å². The molecular formula is C24H24N2O5S. The van der Waals surface area contributed by atoms with Crippen LogP contribution in [0.2, 0.25) is 0 Å². The predicted octanol–water partition coefficient (Wildman–Crippen LogP) is 4.09. The monoisotopic (exact) mass is 452 g/mol. The molecule has 0 unspecified atom stereocenters. The van der Waals surface area contributed by atoms with Crippen LogP contribution in [0.25, 0.3) is 0 Å². The van der Waals surface area contributed by atoms with Gasteiger partial charge in [0.15, 0.2) is 0 Å². The van der Waals surface area contributed by atoms with Gasteiger partial charge in [-0.05, 0) is 60.7 Å². The highest BCUT2D eigenvalue weighted by atomic mass is 32.2. The maximum Gasteiger partial charge on any atom is 0.264 e. The number of carbonyl (C=O) groups is 1. The highest BCUT2D eigenvalue weighted by Crippen LogP contribution is 2.26. The molecule has 0 aliphatic heterocycles. The van der Waals surface area contributed by atoms with E-state index in [0.29, 0.717) is 29.5 Å². The molecule has 0 atom stereocenters. The number of nitrogens with one attached hydrogen (secondary N) is 1. The lowest BCUT2D eigenvalue weighted by Gasteiger charge is -2.24. The third kappa shape index (κ3) is 5.67. The molecule has 0 aliphatic carbocycles. The number of hydrogen-bond donors (Lipinski definition) is 1. The number of carbonyl (C=O) groups excluding carboxylic acids is 1. The van der Waals surface area contributed by atoms with Crippen LogP contribution in [0.3, 0.4) is 0 Å². The summed E-state index contributed by atoms with van der Waals surface area (Å²) in [6.45, 7) is 3.56. The van der Waals surface area contributed by atoms with Crippen molar-refractivity contribution >= 4 is 27.3 Å². The summed E-state index contributed by atoms with van der Waals surface area (Å²) in [6, 6.07) is 21.2. The van der Waals surface area contributed by atoms with E-state index in [1.807, 2.05) is 0 Å². The topological polar surface area (TPSA) is 84.9 Å². The molecule has 0 spiro atoms. The Morgan fingerprint density at radius 3 is 2.19 bits per heavy atom. The van der Waals surface area contributed by atoms with E-state index in [1.165, 1.54) is 19.2 Å². The second-order valence-corrected chi connectivity index (χ2v) is 8.56. The van der Waals surface area contributed by atoms with E-state index < -0.39 is 22.5 Å². The fourth-order valence-corrected chi connectivity index (χ4v) is 4.35. The van der Waals surface area contributed by atoms with Crippen LogP contribution in [0.5, 0.6) is 11.5 Å². The molecule has 1 amide bonds. The maximum absolute atomic E-state index is 13.3. The Morgan fingerprint density at radius 1 is 0.969 bits per heavy atom. The Bertz CT molecular complexity index is 1150. The first-order valence-corrected chi connectivity index (χ1v) is 11.2. The molecule has 0 aromatic heterocycles. The molecule has 3 aromatic carbocycles. The van der Waals surface area contributed by atoms with Crippen molar-refractivity contribution in [1.29, 1.82) is 0 Å². The summed E-state index contributed by atoms with van der Waals surface area (Å²) in [7, 11) is -2.45. The average Bonchev–Trinajstić information content (AvgIpc) is 2.82. The maximum atomic E-state index is 13.3. The highest BCUT2D eigenvalue weighted by molar-refractivity contribution is 7.92. The molecule has 166 valence electrons. The van der Waals surface area contributed by atoms with E-state index >= 15 is 0 Å². The van der Waals surface area contributed by atoms with Gasteiger partial charge in [-0.25, -0.2) is 8.42 Å². The first-order chi connectivity index (χ1) is 15.4. The molecule has 0 saturated heterocycles. The zero-order valence-corrected chi connectivity index (χ0v) is 18.4. The van der Waals surface area contributed by atoms with Gasteiger partial charge in [0.1, 0.15) is 24.7 Å². The molecule has 0 bridgehead atoms. The van der Waals surface area contributed by atoms with Gasteiger partial charge < -0.3 is 14.8 Å². The number of rotatable bonds is 10. The van der Waals surface area contributed by atoms with Gasteiger partial charge in [-0.15, -0.1) is 0 Å². The first-order valence-electron chi connectivity index (χ1n) is 9.79. The predicted molar refractivity (Wildman–Crippen MR) is 125 cm³/mol. The van der Waals surface area contributed by atoms with E-state index in [1.54, 1.807) is 72.8 Å². The summed E-state index contributed by atoms with van der Waals surface area (Å²) in [5.41, 5.74) is 0.866. The van der Waals surface area contributed by atoms with Crippen molar-refractivity contribution in [2.75, 3.05) is 29.9 Å². The van der Waals surface area contributed by atoms with Crippen molar-refractivity contribution in [3.8, 4) is 11.5 Å². The Morgan fingerprint density at radius 2 is 1.59 bits per heavy atom. The van der Waals surface area contributed by atoms with Crippen molar-refractivity contribution in [2.24, 2.45) is 0 Å². The quantitative estimate of drug-likeness (QED) is 0.468. The van der Waals surface area contributed by atoms with E-state index in [2.05, 4.69) is 11.9 Å². The highest BCUT2D eigenvalue weighted by Gasteiger charge is 2.27. The van der Waals surface area contributed by atoms with Gasteiger partial charge in [0.25, 0.3) is 10.0 Å². The van der Waals surface area contributed by atoms with Gasteiger partial charge in [0.05, 0.1) is 17.7 Å². The minimum absolute atomic E-state index is 0.0901. The van der Waals surface area contributed by atoms with E-state index in [4.69, 9.17) is 9.47 Å². The van der Waals surface area contributed by atoms with Crippen LogP contribution in [0.4, 0.5) is 11.4 Å². The summed E-state index contributed by atoms with van der Waals surface area (Å²) >= 11 is 0. The zero-order chi connectivity index (χ0) is 23.0. The lowest BCUT2D eigenvalue weighted by molar-refractivity contribution is -0.114. The number of amides is 1. The summed E-state index contributed by atoms with van der Waals surface area (Å²) in [4.78, 5) is 12.9. The summed E-state index contributed by atoms with van der Waals surface area (Å²) in [5.74, 6) is 0.725. The number of benzene rings is 3. The smallest absolute Gasteiger partial charge is 0.264 e. The molecule has 1 N–H and O–H groups in total. The molecule has 8 heteroatoms. The van der Waals surface area contributed by atoms with Crippen LogP contribution in [0.15, 0.2) is 96.4 Å². The minimum Gasteiger partial charge on any atom is -0.497 e. The molecule has 0 saturated carbocycles. The van der Waals surface area contributed by atoms with Crippen molar-refractivity contribution in [2.45, 2.75) is 4.90 Å². The van der Waals surface area contributed by atoms with Crippen LogP contribution in [-0.2, 0) is 14.8 Å². The van der Waals surface area contributed by atoms with E-state index in [-0.39, 0.29) is 4.90 Å². The molecule has 32 heavy (non-hydrogen) atoms. The Hall–Kier alpha value is -3.78. The largest absolute Gasteiger partial charge is 0.497 e. The van der Waals surface area contributed by atoms with E-state index in [0.717, 1.165) is 4.31 Å². The molecule has 3 rings (SSSR count). The third-order valence-electron chi connectivity index (χ3n) is 4.48. The van der Waals surface area contributed by atoms with Crippen LogP contribution in [0.1, 0.15) is 0 Å². The second kappa shape index (κ2) is 10.5. The number of anilines is 2. The summed E-state index contributed by atoms with van der Waals surface area (Å²) in [5, 5.41) is 2.73.